The summed E-state index contributed by atoms with van der Waals surface area (Å²) in [5.41, 5.74) is 0. The van der Waals surface area contributed by atoms with Crippen LogP contribution in [0, 0.1) is 0 Å². The number of aromatic nitrogens is 1. The van der Waals surface area contributed by atoms with Gasteiger partial charge in [0, 0.05) is 15.5 Å². The van der Waals surface area contributed by atoms with Gasteiger partial charge in [-0.15, -0.1) is 11.3 Å². The van der Waals surface area contributed by atoms with Crippen molar-refractivity contribution in [2.75, 3.05) is 4.43 Å². The maximum atomic E-state index is 6.02. The van der Waals surface area contributed by atoms with Crippen LogP contribution < -0.4 is 0 Å². The molecule has 0 amide bonds. The van der Waals surface area contributed by atoms with Gasteiger partial charge in [0.05, 0.1) is 6.10 Å². The van der Waals surface area contributed by atoms with Crippen molar-refractivity contribution in [3.05, 3.63) is 16.1 Å². The highest BCUT2D eigenvalue weighted by Crippen LogP contribution is 2.33. The van der Waals surface area contributed by atoms with Crippen molar-refractivity contribution < 1.29 is 4.74 Å². The summed E-state index contributed by atoms with van der Waals surface area (Å²) in [7, 11) is 0. The van der Waals surface area contributed by atoms with Crippen LogP contribution in [0.1, 0.15) is 42.2 Å². The molecular formula is C11H16INOS. The highest BCUT2D eigenvalue weighted by atomic mass is 127. The standard InChI is InChI=1S/C11H16INOS/c1-2-9-7-13-11(15-9)10-5-3-4-8(6-12)14-10/h7-8,10H,2-6H2,1H3. The highest BCUT2D eigenvalue weighted by Gasteiger charge is 2.24. The van der Waals surface area contributed by atoms with Gasteiger partial charge < -0.3 is 4.74 Å². The Morgan fingerprint density at radius 1 is 1.60 bits per heavy atom. The molecular weight excluding hydrogens is 321 g/mol. The number of halogens is 1. The molecule has 0 bridgehead atoms. The number of rotatable bonds is 3. The lowest BCUT2D eigenvalue weighted by Gasteiger charge is -2.27. The third-order valence-corrected chi connectivity index (χ3v) is 4.93. The number of nitrogens with zero attached hydrogens (tertiary/aromatic N) is 1. The van der Waals surface area contributed by atoms with E-state index >= 15 is 0 Å². The molecule has 2 nitrogen and oxygen atoms in total. The Bertz CT molecular complexity index is 315. The largest absolute Gasteiger partial charge is 0.367 e. The van der Waals surface area contributed by atoms with Gasteiger partial charge in [0.2, 0.25) is 0 Å². The predicted octanol–water partition coefficient (Wildman–Crippen LogP) is 3.75. The monoisotopic (exact) mass is 337 g/mol. The molecule has 2 atom stereocenters. The van der Waals surface area contributed by atoms with Crippen LogP contribution in [0.15, 0.2) is 6.20 Å². The molecule has 0 aliphatic carbocycles. The van der Waals surface area contributed by atoms with Crippen molar-refractivity contribution in [1.82, 2.24) is 4.98 Å². The van der Waals surface area contributed by atoms with Gasteiger partial charge in [0.25, 0.3) is 0 Å². The molecule has 1 aliphatic rings. The highest BCUT2D eigenvalue weighted by molar-refractivity contribution is 14.1. The first kappa shape index (κ1) is 11.8. The van der Waals surface area contributed by atoms with Gasteiger partial charge in [-0.25, -0.2) is 4.98 Å². The zero-order valence-electron chi connectivity index (χ0n) is 8.91. The second-order valence-electron chi connectivity index (χ2n) is 3.85. The molecule has 0 saturated carbocycles. The normalized spacial score (nSPS) is 26.8. The van der Waals surface area contributed by atoms with E-state index in [1.165, 1.54) is 22.7 Å². The minimum absolute atomic E-state index is 0.267. The van der Waals surface area contributed by atoms with E-state index in [1.807, 2.05) is 17.5 Å². The summed E-state index contributed by atoms with van der Waals surface area (Å²) in [6.07, 6.45) is 7.42. The van der Waals surface area contributed by atoms with Crippen LogP contribution >= 0.6 is 33.9 Å². The summed E-state index contributed by atoms with van der Waals surface area (Å²) in [5.74, 6) is 0. The molecule has 2 rings (SSSR count). The predicted molar refractivity (Wildman–Crippen MR) is 71.8 cm³/mol. The van der Waals surface area contributed by atoms with Crippen molar-refractivity contribution >= 4 is 33.9 Å². The maximum absolute atomic E-state index is 6.02. The molecule has 0 N–H and O–H groups in total. The molecule has 1 aromatic heterocycles. The minimum Gasteiger partial charge on any atom is -0.367 e. The van der Waals surface area contributed by atoms with Gasteiger partial charge >= 0.3 is 0 Å². The molecule has 1 fully saturated rings. The van der Waals surface area contributed by atoms with E-state index in [2.05, 4.69) is 34.5 Å². The first-order valence-electron chi connectivity index (χ1n) is 5.49. The average molecular weight is 337 g/mol. The quantitative estimate of drug-likeness (QED) is 0.619. The van der Waals surface area contributed by atoms with E-state index in [0.29, 0.717) is 6.10 Å². The Kier molecular flexibility index (Phi) is 4.40. The van der Waals surface area contributed by atoms with Gasteiger partial charge in [-0.05, 0) is 25.7 Å². The lowest BCUT2D eigenvalue weighted by atomic mass is 10.1. The summed E-state index contributed by atoms with van der Waals surface area (Å²) in [5, 5.41) is 1.18. The van der Waals surface area contributed by atoms with Crippen LogP contribution in [0.5, 0.6) is 0 Å². The summed E-state index contributed by atoms with van der Waals surface area (Å²) >= 11 is 4.22. The SMILES string of the molecule is CCc1cnc(C2CCCC(CI)O2)s1. The van der Waals surface area contributed by atoms with Gasteiger partial charge in [0.15, 0.2) is 0 Å². The van der Waals surface area contributed by atoms with Crippen LogP contribution in [0.4, 0.5) is 0 Å². The van der Waals surface area contributed by atoms with E-state index in [0.717, 1.165) is 17.3 Å². The molecule has 0 radical (unpaired) electrons. The van der Waals surface area contributed by atoms with Crippen LogP contribution in [0.2, 0.25) is 0 Å². The topological polar surface area (TPSA) is 22.1 Å². The van der Waals surface area contributed by atoms with Gasteiger partial charge in [-0.2, -0.15) is 0 Å². The second-order valence-corrected chi connectivity index (χ2v) is 5.88. The number of thiazole rings is 1. The number of hydrogen-bond donors (Lipinski definition) is 0. The van der Waals surface area contributed by atoms with Crippen molar-refractivity contribution in [2.24, 2.45) is 0 Å². The van der Waals surface area contributed by atoms with E-state index in [9.17, 15) is 0 Å². The fourth-order valence-corrected chi connectivity index (χ4v) is 3.41. The van der Waals surface area contributed by atoms with E-state index in [-0.39, 0.29) is 6.10 Å². The molecule has 2 unspecified atom stereocenters. The zero-order chi connectivity index (χ0) is 10.7. The summed E-state index contributed by atoms with van der Waals surface area (Å²) in [6.45, 7) is 2.17. The van der Waals surface area contributed by atoms with Gasteiger partial charge in [-0.3, -0.25) is 0 Å². The molecule has 0 aromatic carbocycles. The van der Waals surface area contributed by atoms with Crippen molar-refractivity contribution in [2.45, 2.75) is 44.8 Å². The smallest absolute Gasteiger partial charge is 0.122 e. The molecule has 2 heterocycles. The first-order chi connectivity index (χ1) is 7.33. The average Bonchev–Trinajstić information content (AvgIpc) is 2.78. The first-order valence-corrected chi connectivity index (χ1v) is 7.83. The Labute approximate surface area is 109 Å². The molecule has 15 heavy (non-hydrogen) atoms. The van der Waals surface area contributed by atoms with Crippen LogP contribution in [-0.2, 0) is 11.2 Å². The third kappa shape index (κ3) is 2.91. The molecule has 0 spiro atoms. The summed E-state index contributed by atoms with van der Waals surface area (Å²) in [6, 6.07) is 0. The Hall–Kier alpha value is 0.320. The van der Waals surface area contributed by atoms with Crippen LogP contribution in [0.3, 0.4) is 0 Å². The second kappa shape index (κ2) is 5.59. The minimum atomic E-state index is 0.267. The van der Waals surface area contributed by atoms with Crippen molar-refractivity contribution in [3.8, 4) is 0 Å². The zero-order valence-corrected chi connectivity index (χ0v) is 11.9. The molecule has 84 valence electrons. The molecule has 4 heteroatoms. The van der Waals surface area contributed by atoms with E-state index < -0.39 is 0 Å². The molecule has 1 saturated heterocycles. The van der Waals surface area contributed by atoms with Gasteiger partial charge in [0.1, 0.15) is 11.1 Å². The number of hydrogen-bond acceptors (Lipinski definition) is 3. The van der Waals surface area contributed by atoms with Crippen LogP contribution in [-0.4, -0.2) is 15.5 Å². The molecule has 1 aromatic rings. The number of ether oxygens (including phenoxy) is 1. The van der Waals surface area contributed by atoms with E-state index in [1.54, 1.807) is 0 Å². The molecule has 1 aliphatic heterocycles. The van der Waals surface area contributed by atoms with Crippen molar-refractivity contribution in [1.29, 1.82) is 0 Å². The Morgan fingerprint density at radius 3 is 3.13 bits per heavy atom. The third-order valence-electron chi connectivity index (χ3n) is 2.72. The Balaban J connectivity index is 2.03. The Morgan fingerprint density at radius 2 is 2.47 bits per heavy atom. The lowest BCUT2D eigenvalue weighted by Crippen LogP contribution is -2.23. The number of alkyl halides is 1. The summed E-state index contributed by atoms with van der Waals surface area (Å²) < 4.78 is 7.12. The fourth-order valence-electron chi connectivity index (χ4n) is 1.83. The van der Waals surface area contributed by atoms with Crippen LogP contribution in [0.25, 0.3) is 0 Å². The lowest BCUT2D eigenvalue weighted by molar-refractivity contribution is -0.0376. The van der Waals surface area contributed by atoms with Crippen molar-refractivity contribution in [3.63, 3.8) is 0 Å². The van der Waals surface area contributed by atoms with Gasteiger partial charge in [-0.1, -0.05) is 29.5 Å². The maximum Gasteiger partial charge on any atom is 0.122 e. The van der Waals surface area contributed by atoms with E-state index in [4.69, 9.17) is 4.74 Å². The summed E-state index contributed by atoms with van der Waals surface area (Å²) in [4.78, 5) is 5.84. The fraction of sp³-hybridized carbons (Fsp3) is 0.727. The number of aryl methyl sites for hydroxylation is 1.